The lowest BCUT2D eigenvalue weighted by Crippen LogP contribution is -2.16. The van der Waals surface area contributed by atoms with E-state index in [0.717, 1.165) is 6.20 Å². The number of esters is 1. The minimum Gasteiger partial charge on any atom is -0.465 e. The summed E-state index contributed by atoms with van der Waals surface area (Å²) >= 11 is 5.85. The summed E-state index contributed by atoms with van der Waals surface area (Å²) in [6.45, 7) is 0. The molecule has 1 aromatic heterocycles. The van der Waals surface area contributed by atoms with Crippen LogP contribution in [0, 0.1) is 0 Å². The van der Waals surface area contributed by atoms with Crippen molar-refractivity contribution in [2.75, 3.05) is 11.8 Å². The van der Waals surface area contributed by atoms with Gasteiger partial charge >= 0.3 is 5.97 Å². The highest BCUT2D eigenvalue weighted by Gasteiger charge is 2.21. The van der Waals surface area contributed by atoms with Crippen LogP contribution in [0.4, 0.5) is 5.69 Å². The van der Waals surface area contributed by atoms with Gasteiger partial charge in [-0.3, -0.25) is 9.71 Å². The quantitative estimate of drug-likeness (QED) is 0.871. The molecule has 0 unspecified atom stereocenters. The zero-order valence-electron chi connectivity index (χ0n) is 10.9. The van der Waals surface area contributed by atoms with Gasteiger partial charge in [0.2, 0.25) is 0 Å². The molecule has 0 fully saturated rings. The van der Waals surface area contributed by atoms with E-state index in [0.29, 0.717) is 0 Å². The SMILES string of the molecule is COC(=O)c1ccccc1NS(=O)(=O)c1cnccc1Cl. The Labute approximate surface area is 126 Å². The third-order valence-electron chi connectivity index (χ3n) is 2.60. The number of ether oxygens (including phenoxy) is 1. The van der Waals surface area contributed by atoms with E-state index < -0.39 is 16.0 Å². The van der Waals surface area contributed by atoms with Gasteiger partial charge in [0, 0.05) is 12.4 Å². The van der Waals surface area contributed by atoms with Crippen LogP contribution >= 0.6 is 11.6 Å². The second-order valence-corrected chi connectivity index (χ2v) is 6.01. The summed E-state index contributed by atoms with van der Waals surface area (Å²) in [6.07, 6.45) is 2.51. The summed E-state index contributed by atoms with van der Waals surface area (Å²) in [7, 11) is -2.75. The Balaban J connectivity index is 2.43. The van der Waals surface area contributed by atoms with Gasteiger partial charge in [0.15, 0.2) is 0 Å². The van der Waals surface area contributed by atoms with Crippen LogP contribution in [0.25, 0.3) is 0 Å². The third kappa shape index (κ3) is 3.32. The van der Waals surface area contributed by atoms with Gasteiger partial charge in [0.1, 0.15) is 4.90 Å². The minimum atomic E-state index is -3.96. The number of hydrogen-bond acceptors (Lipinski definition) is 5. The zero-order valence-corrected chi connectivity index (χ0v) is 12.5. The molecule has 1 aromatic carbocycles. The highest BCUT2D eigenvalue weighted by molar-refractivity contribution is 7.92. The topological polar surface area (TPSA) is 85.4 Å². The van der Waals surface area contributed by atoms with Gasteiger partial charge in [-0.05, 0) is 18.2 Å². The first-order valence-corrected chi connectivity index (χ1v) is 7.61. The molecule has 2 aromatic rings. The lowest BCUT2D eigenvalue weighted by atomic mass is 10.2. The standard InChI is InChI=1S/C13H11ClN2O4S/c1-20-13(17)9-4-2-3-5-11(9)16-21(18,19)12-8-15-7-6-10(12)14/h2-8,16H,1H3. The molecule has 0 aliphatic rings. The maximum atomic E-state index is 12.3. The van der Waals surface area contributed by atoms with Crippen molar-refractivity contribution in [1.29, 1.82) is 0 Å². The molecule has 6 nitrogen and oxygen atoms in total. The van der Waals surface area contributed by atoms with Crippen LogP contribution in [0.5, 0.6) is 0 Å². The van der Waals surface area contributed by atoms with Crippen molar-refractivity contribution in [3.8, 4) is 0 Å². The van der Waals surface area contributed by atoms with Crippen molar-refractivity contribution >= 4 is 33.3 Å². The molecular weight excluding hydrogens is 316 g/mol. The van der Waals surface area contributed by atoms with E-state index in [-0.39, 0.29) is 21.2 Å². The van der Waals surface area contributed by atoms with Crippen molar-refractivity contribution < 1.29 is 17.9 Å². The second kappa shape index (κ2) is 6.11. The third-order valence-corrected chi connectivity index (χ3v) is 4.43. The van der Waals surface area contributed by atoms with E-state index >= 15 is 0 Å². The van der Waals surface area contributed by atoms with Crippen LogP contribution in [0.1, 0.15) is 10.4 Å². The Morgan fingerprint density at radius 2 is 2.00 bits per heavy atom. The van der Waals surface area contributed by atoms with Crippen molar-refractivity contribution in [1.82, 2.24) is 4.98 Å². The summed E-state index contributed by atoms with van der Waals surface area (Å²) < 4.78 is 31.5. The highest BCUT2D eigenvalue weighted by Crippen LogP contribution is 2.24. The predicted octanol–water partition coefficient (Wildman–Crippen LogP) is 2.32. The van der Waals surface area contributed by atoms with Crippen molar-refractivity contribution in [2.24, 2.45) is 0 Å². The molecular formula is C13H11ClN2O4S. The molecule has 0 aliphatic carbocycles. The van der Waals surface area contributed by atoms with Crippen LogP contribution in [0.3, 0.4) is 0 Å². The van der Waals surface area contributed by atoms with Gasteiger partial charge in [-0.2, -0.15) is 0 Å². The number of halogens is 1. The normalized spacial score (nSPS) is 11.0. The number of hydrogen-bond donors (Lipinski definition) is 1. The number of carbonyl (C=O) groups is 1. The molecule has 8 heteroatoms. The number of rotatable bonds is 4. The molecule has 21 heavy (non-hydrogen) atoms. The summed E-state index contributed by atoms with van der Waals surface area (Å²) in [5, 5.41) is 0.0352. The first-order chi connectivity index (χ1) is 9.95. The van der Waals surface area contributed by atoms with E-state index in [2.05, 4.69) is 14.4 Å². The molecule has 0 amide bonds. The van der Waals surface area contributed by atoms with Crippen molar-refractivity contribution in [3.63, 3.8) is 0 Å². The Kier molecular flexibility index (Phi) is 4.44. The van der Waals surface area contributed by atoms with E-state index in [9.17, 15) is 13.2 Å². The largest absolute Gasteiger partial charge is 0.465 e. The Morgan fingerprint density at radius 3 is 2.67 bits per heavy atom. The summed E-state index contributed by atoms with van der Waals surface area (Å²) in [5.41, 5.74) is 0.202. The number of carbonyl (C=O) groups excluding carboxylic acids is 1. The summed E-state index contributed by atoms with van der Waals surface area (Å²) in [6, 6.07) is 7.46. The predicted molar refractivity (Wildman–Crippen MR) is 77.8 cm³/mol. The zero-order chi connectivity index (χ0) is 15.5. The van der Waals surface area contributed by atoms with E-state index in [4.69, 9.17) is 11.6 Å². The van der Waals surface area contributed by atoms with Gasteiger partial charge in [-0.15, -0.1) is 0 Å². The molecule has 0 atom stereocenters. The van der Waals surface area contributed by atoms with Crippen LogP contribution < -0.4 is 4.72 Å². The maximum absolute atomic E-state index is 12.3. The van der Waals surface area contributed by atoms with Crippen LogP contribution in [0.15, 0.2) is 47.6 Å². The lowest BCUT2D eigenvalue weighted by Gasteiger charge is -2.11. The fraction of sp³-hybridized carbons (Fsp3) is 0.0769. The molecule has 1 N–H and O–H groups in total. The molecule has 0 spiro atoms. The van der Waals surface area contributed by atoms with E-state index in [1.807, 2.05) is 0 Å². The average molecular weight is 327 g/mol. The first kappa shape index (κ1) is 15.3. The van der Waals surface area contributed by atoms with Crippen LogP contribution in [0.2, 0.25) is 5.02 Å². The number of nitrogens with zero attached hydrogens (tertiary/aromatic N) is 1. The second-order valence-electron chi connectivity index (χ2n) is 3.95. The van der Waals surface area contributed by atoms with Crippen molar-refractivity contribution in [2.45, 2.75) is 4.90 Å². The van der Waals surface area contributed by atoms with Crippen molar-refractivity contribution in [3.05, 3.63) is 53.3 Å². The monoisotopic (exact) mass is 326 g/mol. The molecule has 0 saturated heterocycles. The molecule has 0 saturated carbocycles. The van der Waals surface area contributed by atoms with Gasteiger partial charge in [-0.25, -0.2) is 13.2 Å². The Bertz CT molecular complexity index is 777. The first-order valence-electron chi connectivity index (χ1n) is 5.75. The van der Waals surface area contributed by atoms with Crippen LogP contribution in [-0.4, -0.2) is 26.5 Å². The van der Waals surface area contributed by atoms with Gasteiger partial charge in [-0.1, -0.05) is 23.7 Å². The number of sulfonamides is 1. The van der Waals surface area contributed by atoms with Gasteiger partial charge in [0.05, 0.1) is 23.4 Å². The number of pyridine rings is 1. The molecule has 1 heterocycles. The average Bonchev–Trinajstić information content (AvgIpc) is 2.47. The molecule has 2 rings (SSSR count). The Hall–Kier alpha value is -2.12. The summed E-state index contributed by atoms with van der Waals surface area (Å²) in [4.78, 5) is 15.2. The highest BCUT2D eigenvalue weighted by atomic mass is 35.5. The lowest BCUT2D eigenvalue weighted by molar-refractivity contribution is 0.0602. The number of aromatic nitrogens is 1. The maximum Gasteiger partial charge on any atom is 0.339 e. The molecule has 0 radical (unpaired) electrons. The number of nitrogens with one attached hydrogen (secondary N) is 1. The summed E-state index contributed by atoms with van der Waals surface area (Å²) in [5.74, 6) is -0.648. The molecule has 0 bridgehead atoms. The van der Waals surface area contributed by atoms with Gasteiger partial charge in [0.25, 0.3) is 10.0 Å². The fourth-order valence-electron chi connectivity index (χ4n) is 1.62. The van der Waals surface area contributed by atoms with Gasteiger partial charge < -0.3 is 4.74 Å². The van der Waals surface area contributed by atoms with E-state index in [1.54, 1.807) is 12.1 Å². The number of anilines is 1. The number of benzene rings is 1. The molecule has 0 aliphatic heterocycles. The van der Waals surface area contributed by atoms with Crippen LogP contribution in [-0.2, 0) is 14.8 Å². The number of para-hydroxylation sites is 1. The Morgan fingerprint density at radius 1 is 1.29 bits per heavy atom. The minimum absolute atomic E-state index is 0.0352. The smallest absolute Gasteiger partial charge is 0.339 e. The number of methoxy groups -OCH3 is 1. The molecule has 110 valence electrons. The fourth-order valence-corrected chi connectivity index (χ4v) is 3.13. The van der Waals surface area contributed by atoms with E-state index in [1.165, 1.54) is 31.5 Å².